The van der Waals surface area contributed by atoms with E-state index in [0.717, 1.165) is 24.0 Å². The zero-order valence-corrected chi connectivity index (χ0v) is 16.4. The number of rotatable bonds is 5. The number of likely N-dealkylation sites (N-methyl/N-ethyl adjacent to an activating group) is 1. The molecule has 1 amide bonds. The smallest absolute Gasteiger partial charge is 0.348 e. The van der Waals surface area contributed by atoms with E-state index >= 15 is 0 Å². The van der Waals surface area contributed by atoms with Crippen molar-refractivity contribution in [3.63, 3.8) is 0 Å². The Morgan fingerprint density at radius 2 is 2.08 bits per heavy atom. The fourth-order valence-electron chi connectivity index (χ4n) is 3.25. The Morgan fingerprint density at radius 3 is 2.85 bits per heavy atom. The number of benzene rings is 1. The molecule has 1 heterocycles. The van der Waals surface area contributed by atoms with Crippen LogP contribution in [0.3, 0.4) is 0 Å². The minimum absolute atomic E-state index is 0.198. The first-order valence-corrected chi connectivity index (χ1v) is 9.83. The molecule has 0 saturated heterocycles. The molecule has 1 aliphatic rings. The van der Waals surface area contributed by atoms with Crippen LogP contribution in [-0.4, -0.2) is 30.4 Å². The van der Waals surface area contributed by atoms with Crippen LogP contribution in [0.25, 0.3) is 0 Å². The Balaban J connectivity index is 1.54. The fraction of sp³-hybridized carbons (Fsp3) is 0.429. The minimum Gasteiger partial charge on any atom is -0.451 e. The molecule has 3 rings (SSSR count). The van der Waals surface area contributed by atoms with Gasteiger partial charge in [-0.25, -0.2) is 4.79 Å². The van der Waals surface area contributed by atoms with Crippen molar-refractivity contribution in [2.45, 2.75) is 39.7 Å². The third-order valence-electron chi connectivity index (χ3n) is 4.95. The lowest BCUT2D eigenvalue weighted by atomic mass is 9.90. The number of ether oxygens (including phenoxy) is 1. The van der Waals surface area contributed by atoms with Gasteiger partial charge in [0.1, 0.15) is 4.88 Å². The summed E-state index contributed by atoms with van der Waals surface area (Å²) in [6.07, 6.45) is 3.23. The van der Waals surface area contributed by atoms with Gasteiger partial charge >= 0.3 is 5.97 Å². The maximum atomic E-state index is 12.3. The number of hydrogen-bond donors (Lipinski definition) is 0. The van der Waals surface area contributed by atoms with Crippen LogP contribution in [0.2, 0.25) is 0 Å². The molecular weight excluding hydrogens is 346 g/mol. The molecule has 1 aromatic carbocycles. The average Bonchev–Trinajstić information content (AvgIpc) is 3.04. The van der Waals surface area contributed by atoms with Gasteiger partial charge in [0, 0.05) is 18.5 Å². The lowest BCUT2D eigenvalue weighted by molar-refractivity contribution is -0.133. The van der Waals surface area contributed by atoms with Gasteiger partial charge in [0.25, 0.3) is 5.91 Å². The Kier molecular flexibility index (Phi) is 5.77. The Bertz CT molecular complexity index is 811. The zero-order chi connectivity index (χ0) is 18.7. The Morgan fingerprint density at radius 1 is 1.31 bits per heavy atom. The quantitative estimate of drug-likeness (QED) is 0.747. The predicted octanol–water partition coefficient (Wildman–Crippen LogP) is 4.00. The summed E-state index contributed by atoms with van der Waals surface area (Å²) in [5, 5.41) is 0. The fourth-order valence-corrected chi connectivity index (χ4v) is 4.35. The molecule has 0 bridgehead atoms. The van der Waals surface area contributed by atoms with Crippen molar-refractivity contribution in [1.82, 2.24) is 4.90 Å². The highest BCUT2D eigenvalue weighted by Gasteiger charge is 2.22. The maximum absolute atomic E-state index is 12.3. The highest BCUT2D eigenvalue weighted by Crippen LogP contribution is 2.32. The van der Waals surface area contributed by atoms with Crippen molar-refractivity contribution in [2.24, 2.45) is 5.92 Å². The lowest BCUT2D eigenvalue weighted by Crippen LogP contribution is -2.31. The van der Waals surface area contributed by atoms with Gasteiger partial charge in [0.15, 0.2) is 6.61 Å². The van der Waals surface area contributed by atoms with Gasteiger partial charge in [-0.2, -0.15) is 0 Å². The van der Waals surface area contributed by atoms with Crippen LogP contribution in [0.15, 0.2) is 30.3 Å². The molecule has 2 aromatic rings. The summed E-state index contributed by atoms with van der Waals surface area (Å²) in [5.74, 6) is 0.0730. The van der Waals surface area contributed by atoms with E-state index in [4.69, 9.17) is 4.74 Å². The number of amides is 1. The first-order valence-electron chi connectivity index (χ1n) is 9.01. The van der Waals surface area contributed by atoms with E-state index in [9.17, 15) is 9.59 Å². The van der Waals surface area contributed by atoms with Gasteiger partial charge in [0.05, 0.1) is 0 Å². The van der Waals surface area contributed by atoms with Crippen molar-refractivity contribution in [3.05, 3.63) is 56.8 Å². The van der Waals surface area contributed by atoms with E-state index in [1.807, 2.05) is 37.3 Å². The summed E-state index contributed by atoms with van der Waals surface area (Å²) in [5.41, 5.74) is 3.50. The first-order chi connectivity index (χ1) is 12.4. The Hall–Kier alpha value is -2.14. The highest BCUT2D eigenvalue weighted by atomic mass is 32.1. The van der Waals surface area contributed by atoms with Gasteiger partial charge in [-0.1, -0.05) is 31.2 Å². The van der Waals surface area contributed by atoms with Crippen LogP contribution in [0.1, 0.15) is 44.6 Å². The predicted molar refractivity (Wildman–Crippen MR) is 103 cm³/mol. The second kappa shape index (κ2) is 8.04. The summed E-state index contributed by atoms with van der Waals surface area (Å²) in [7, 11) is 1.73. The van der Waals surface area contributed by atoms with Crippen LogP contribution in [-0.2, 0) is 28.9 Å². The van der Waals surface area contributed by atoms with Gasteiger partial charge < -0.3 is 9.64 Å². The summed E-state index contributed by atoms with van der Waals surface area (Å²) in [4.78, 5) is 28.1. The number of thiophene rings is 1. The van der Waals surface area contributed by atoms with E-state index in [-0.39, 0.29) is 12.5 Å². The molecule has 1 atom stereocenters. The van der Waals surface area contributed by atoms with Gasteiger partial charge in [0.2, 0.25) is 0 Å². The number of aryl methyl sites for hydroxylation is 2. The average molecular weight is 372 g/mol. The third-order valence-corrected chi connectivity index (χ3v) is 6.17. The molecule has 0 radical (unpaired) electrons. The number of carbonyl (C=O) groups excluding carboxylic acids is 2. The van der Waals surface area contributed by atoms with E-state index in [1.165, 1.54) is 28.2 Å². The van der Waals surface area contributed by atoms with Crippen LogP contribution >= 0.6 is 11.3 Å². The first kappa shape index (κ1) is 18.6. The molecule has 1 aliphatic carbocycles. The summed E-state index contributed by atoms with van der Waals surface area (Å²) < 4.78 is 5.26. The molecule has 0 spiro atoms. The summed E-state index contributed by atoms with van der Waals surface area (Å²) >= 11 is 1.51. The van der Waals surface area contributed by atoms with Crippen molar-refractivity contribution < 1.29 is 14.3 Å². The van der Waals surface area contributed by atoms with Gasteiger partial charge in [-0.05, 0) is 54.9 Å². The molecule has 26 heavy (non-hydrogen) atoms. The molecule has 0 N–H and O–H groups in total. The molecule has 4 nitrogen and oxygen atoms in total. The SMILES string of the molecule is Cc1ccccc1CN(C)C(=O)COC(=O)c1cc2c(s1)CC[C@H](C)C2. The van der Waals surface area contributed by atoms with Crippen molar-refractivity contribution in [1.29, 1.82) is 0 Å². The van der Waals surface area contributed by atoms with Gasteiger partial charge in [-0.15, -0.1) is 11.3 Å². The zero-order valence-electron chi connectivity index (χ0n) is 15.6. The molecular formula is C21H25NO3S. The van der Waals surface area contributed by atoms with E-state index in [1.54, 1.807) is 11.9 Å². The molecule has 5 heteroatoms. The van der Waals surface area contributed by atoms with Crippen molar-refractivity contribution in [3.8, 4) is 0 Å². The monoisotopic (exact) mass is 371 g/mol. The maximum Gasteiger partial charge on any atom is 0.348 e. The second-order valence-electron chi connectivity index (χ2n) is 7.16. The largest absolute Gasteiger partial charge is 0.451 e. The van der Waals surface area contributed by atoms with E-state index < -0.39 is 5.97 Å². The van der Waals surface area contributed by atoms with Crippen molar-refractivity contribution >= 4 is 23.2 Å². The van der Waals surface area contributed by atoms with Crippen LogP contribution in [0.5, 0.6) is 0 Å². The normalized spacial score (nSPS) is 16.0. The lowest BCUT2D eigenvalue weighted by Gasteiger charge is -2.18. The standard InChI is InChI=1S/C21H25NO3S/c1-14-8-9-18-17(10-14)11-19(26-18)21(24)25-13-20(23)22(3)12-16-7-5-4-6-15(16)2/h4-7,11,14H,8-10,12-13H2,1-3H3/t14-/m0/s1. The molecule has 138 valence electrons. The number of nitrogens with zero attached hydrogens (tertiary/aromatic N) is 1. The highest BCUT2D eigenvalue weighted by molar-refractivity contribution is 7.14. The number of esters is 1. The number of fused-ring (bicyclic) bond motifs is 1. The molecule has 0 saturated carbocycles. The topological polar surface area (TPSA) is 46.6 Å². The van der Waals surface area contributed by atoms with E-state index in [0.29, 0.717) is 17.3 Å². The van der Waals surface area contributed by atoms with Crippen molar-refractivity contribution in [2.75, 3.05) is 13.7 Å². The molecule has 0 unspecified atom stereocenters. The molecule has 1 aromatic heterocycles. The van der Waals surface area contributed by atoms with Gasteiger partial charge in [-0.3, -0.25) is 4.79 Å². The summed E-state index contributed by atoms with van der Waals surface area (Å²) in [6.45, 7) is 4.54. The van der Waals surface area contributed by atoms with E-state index in [2.05, 4.69) is 6.92 Å². The second-order valence-corrected chi connectivity index (χ2v) is 8.30. The van der Waals surface area contributed by atoms with Crippen LogP contribution < -0.4 is 0 Å². The number of hydrogen-bond acceptors (Lipinski definition) is 4. The molecule has 0 aliphatic heterocycles. The summed E-state index contributed by atoms with van der Waals surface area (Å²) in [6, 6.07) is 9.90. The van der Waals surface area contributed by atoms with Crippen LogP contribution in [0, 0.1) is 12.8 Å². The molecule has 0 fully saturated rings. The Labute approximate surface area is 158 Å². The van der Waals surface area contributed by atoms with Crippen LogP contribution in [0.4, 0.5) is 0 Å². The minimum atomic E-state index is -0.394. The third kappa shape index (κ3) is 4.33. The number of carbonyl (C=O) groups is 2.